The van der Waals surface area contributed by atoms with Gasteiger partial charge in [0.25, 0.3) is 0 Å². The summed E-state index contributed by atoms with van der Waals surface area (Å²) in [7, 11) is 1.47. The molecule has 130 valence electrons. The molecule has 0 atom stereocenters. The molecule has 0 spiro atoms. The van der Waals surface area contributed by atoms with Gasteiger partial charge in [-0.25, -0.2) is 9.97 Å². The summed E-state index contributed by atoms with van der Waals surface area (Å²) < 4.78 is 10.8. The first-order chi connectivity index (χ1) is 12.6. The molecule has 4 aromatic rings. The number of hydrogen-bond acceptors (Lipinski definition) is 7. The number of furan rings is 1. The van der Waals surface area contributed by atoms with E-state index in [2.05, 4.69) is 9.97 Å². The van der Waals surface area contributed by atoms with Crippen molar-refractivity contribution in [3.63, 3.8) is 0 Å². The molecular formula is C19H15N3O4. The Morgan fingerprint density at radius 1 is 1.00 bits per heavy atom. The van der Waals surface area contributed by atoms with E-state index in [9.17, 15) is 10.2 Å². The molecule has 0 aliphatic carbocycles. The van der Waals surface area contributed by atoms with Crippen molar-refractivity contribution >= 4 is 16.9 Å². The minimum Gasteiger partial charge on any atom is -0.504 e. The van der Waals surface area contributed by atoms with Crippen LogP contribution in [0.4, 0.5) is 5.95 Å². The van der Waals surface area contributed by atoms with Crippen molar-refractivity contribution in [3.8, 4) is 40.0 Å². The fourth-order valence-electron chi connectivity index (χ4n) is 2.78. The van der Waals surface area contributed by atoms with Crippen LogP contribution in [0.25, 0.3) is 33.7 Å². The highest BCUT2D eigenvalue weighted by Gasteiger charge is 2.18. The maximum atomic E-state index is 10.5. The third kappa shape index (κ3) is 2.55. The molecule has 0 saturated carbocycles. The molecule has 2 heterocycles. The van der Waals surface area contributed by atoms with Gasteiger partial charge in [0, 0.05) is 5.56 Å². The molecule has 0 bridgehead atoms. The van der Waals surface area contributed by atoms with Crippen molar-refractivity contribution in [1.29, 1.82) is 0 Å². The summed E-state index contributed by atoms with van der Waals surface area (Å²) in [5, 5.41) is 21.0. The van der Waals surface area contributed by atoms with Crippen LogP contribution in [0.15, 0.2) is 52.9 Å². The van der Waals surface area contributed by atoms with Crippen LogP contribution in [0.5, 0.6) is 17.2 Å². The molecule has 4 N–H and O–H groups in total. The summed E-state index contributed by atoms with van der Waals surface area (Å²) in [4.78, 5) is 8.37. The first-order valence-corrected chi connectivity index (χ1v) is 7.79. The molecule has 4 rings (SSSR count). The second kappa shape index (κ2) is 5.96. The number of methoxy groups -OCH3 is 1. The Morgan fingerprint density at radius 2 is 1.77 bits per heavy atom. The molecule has 0 fully saturated rings. The Morgan fingerprint density at radius 3 is 2.50 bits per heavy atom. The molecule has 0 unspecified atom stereocenters. The Hall–Kier alpha value is -3.74. The molecule has 2 aromatic heterocycles. The number of phenols is 1. The molecule has 2 aromatic carbocycles. The van der Waals surface area contributed by atoms with E-state index in [0.717, 1.165) is 0 Å². The molecule has 0 aliphatic heterocycles. The normalized spacial score (nSPS) is 11.0. The SMILES string of the molecule is COc1ccc(-c2cc(-c3oc4ccccc4c3O)nc(N)n2)cc1O. The highest BCUT2D eigenvalue weighted by molar-refractivity contribution is 5.91. The van der Waals surface area contributed by atoms with Crippen molar-refractivity contribution in [2.24, 2.45) is 0 Å². The van der Waals surface area contributed by atoms with Gasteiger partial charge in [0.05, 0.1) is 18.2 Å². The zero-order valence-electron chi connectivity index (χ0n) is 13.8. The van der Waals surface area contributed by atoms with Crippen LogP contribution in [0.3, 0.4) is 0 Å². The van der Waals surface area contributed by atoms with E-state index in [4.69, 9.17) is 14.9 Å². The molecule has 0 amide bonds. The number of ether oxygens (including phenoxy) is 1. The summed E-state index contributed by atoms with van der Waals surface area (Å²) in [5.74, 6) is 0.551. The number of hydrogen-bond donors (Lipinski definition) is 3. The van der Waals surface area contributed by atoms with Gasteiger partial charge in [-0.2, -0.15) is 0 Å². The van der Waals surface area contributed by atoms with Crippen LogP contribution in [0.1, 0.15) is 0 Å². The summed E-state index contributed by atoms with van der Waals surface area (Å²) in [6.07, 6.45) is 0. The largest absolute Gasteiger partial charge is 0.504 e. The predicted octanol–water partition coefficient (Wildman–Crippen LogP) is 3.56. The molecular weight excluding hydrogens is 334 g/mol. The lowest BCUT2D eigenvalue weighted by Gasteiger charge is -2.07. The molecule has 0 aliphatic rings. The fourth-order valence-corrected chi connectivity index (χ4v) is 2.78. The van der Waals surface area contributed by atoms with E-state index in [1.165, 1.54) is 13.2 Å². The van der Waals surface area contributed by atoms with Crippen LogP contribution in [0.2, 0.25) is 0 Å². The van der Waals surface area contributed by atoms with E-state index in [1.807, 2.05) is 6.07 Å². The van der Waals surface area contributed by atoms with Gasteiger partial charge < -0.3 is 25.1 Å². The minimum atomic E-state index is -0.0182. The molecule has 0 saturated heterocycles. The Bertz CT molecular complexity index is 1120. The maximum Gasteiger partial charge on any atom is 0.221 e. The summed E-state index contributed by atoms with van der Waals surface area (Å²) in [5.41, 5.74) is 7.82. The lowest BCUT2D eigenvalue weighted by Crippen LogP contribution is -1.98. The van der Waals surface area contributed by atoms with Crippen LogP contribution >= 0.6 is 0 Å². The van der Waals surface area contributed by atoms with Crippen LogP contribution < -0.4 is 10.5 Å². The van der Waals surface area contributed by atoms with Gasteiger partial charge in [0.1, 0.15) is 11.3 Å². The number of fused-ring (bicyclic) bond motifs is 1. The number of aromatic nitrogens is 2. The van der Waals surface area contributed by atoms with Gasteiger partial charge in [-0.15, -0.1) is 0 Å². The van der Waals surface area contributed by atoms with Crippen LogP contribution in [0, 0.1) is 0 Å². The van der Waals surface area contributed by atoms with E-state index < -0.39 is 0 Å². The second-order valence-electron chi connectivity index (χ2n) is 5.66. The highest BCUT2D eigenvalue weighted by atomic mass is 16.5. The van der Waals surface area contributed by atoms with Gasteiger partial charge in [0.15, 0.2) is 23.0 Å². The van der Waals surface area contributed by atoms with Gasteiger partial charge in [-0.05, 0) is 36.4 Å². The second-order valence-corrected chi connectivity index (χ2v) is 5.66. The van der Waals surface area contributed by atoms with Crippen molar-refractivity contribution in [3.05, 3.63) is 48.5 Å². The molecule has 7 heteroatoms. The quantitative estimate of drug-likeness (QED) is 0.518. The number of nitrogens with two attached hydrogens (primary N) is 1. The average Bonchev–Trinajstić information content (AvgIpc) is 2.98. The van der Waals surface area contributed by atoms with E-state index in [0.29, 0.717) is 33.7 Å². The Kier molecular flexibility index (Phi) is 3.62. The highest BCUT2D eigenvalue weighted by Crippen LogP contribution is 2.39. The maximum absolute atomic E-state index is 10.5. The first-order valence-electron chi connectivity index (χ1n) is 7.79. The number of nitrogens with zero attached hydrogens (tertiary/aromatic N) is 2. The molecule has 26 heavy (non-hydrogen) atoms. The smallest absolute Gasteiger partial charge is 0.221 e. The topological polar surface area (TPSA) is 115 Å². The van der Waals surface area contributed by atoms with E-state index >= 15 is 0 Å². The van der Waals surface area contributed by atoms with Crippen molar-refractivity contribution in [2.45, 2.75) is 0 Å². The van der Waals surface area contributed by atoms with Crippen molar-refractivity contribution in [2.75, 3.05) is 12.8 Å². The third-order valence-corrected chi connectivity index (χ3v) is 4.02. The monoisotopic (exact) mass is 349 g/mol. The van der Waals surface area contributed by atoms with Gasteiger partial charge in [-0.3, -0.25) is 0 Å². The first kappa shape index (κ1) is 15.8. The van der Waals surface area contributed by atoms with Crippen molar-refractivity contribution < 1.29 is 19.4 Å². The molecule has 7 nitrogen and oxygen atoms in total. The number of rotatable bonds is 3. The number of anilines is 1. The number of benzene rings is 2. The fraction of sp³-hybridized carbons (Fsp3) is 0.0526. The lowest BCUT2D eigenvalue weighted by molar-refractivity contribution is 0.373. The van der Waals surface area contributed by atoms with E-state index in [1.54, 1.807) is 36.4 Å². The third-order valence-electron chi connectivity index (χ3n) is 4.02. The number of phenolic OH excluding ortho intramolecular Hbond substituents is 1. The summed E-state index contributed by atoms with van der Waals surface area (Å²) >= 11 is 0. The van der Waals surface area contributed by atoms with Crippen LogP contribution in [-0.2, 0) is 0 Å². The van der Waals surface area contributed by atoms with Gasteiger partial charge in [-0.1, -0.05) is 12.1 Å². The zero-order chi connectivity index (χ0) is 18.3. The lowest BCUT2D eigenvalue weighted by atomic mass is 10.1. The Labute approximate surface area is 148 Å². The standard InChI is InChI=1S/C19H15N3O4/c1-25-16-7-6-10(8-14(16)23)12-9-13(22-19(20)21-12)18-17(24)11-4-2-3-5-15(11)26-18/h2-9,23-24H,1H3,(H2,20,21,22). The van der Waals surface area contributed by atoms with Crippen LogP contribution in [-0.4, -0.2) is 27.3 Å². The average molecular weight is 349 g/mol. The Balaban J connectivity index is 1.86. The van der Waals surface area contributed by atoms with Crippen molar-refractivity contribution in [1.82, 2.24) is 9.97 Å². The predicted molar refractivity (Wildman–Crippen MR) is 97.0 cm³/mol. The number of para-hydroxylation sites is 1. The molecule has 0 radical (unpaired) electrons. The van der Waals surface area contributed by atoms with Gasteiger partial charge >= 0.3 is 0 Å². The number of aromatic hydroxyl groups is 2. The zero-order valence-corrected chi connectivity index (χ0v) is 13.8. The minimum absolute atomic E-state index is 0.0118. The van der Waals surface area contributed by atoms with Gasteiger partial charge in [0.2, 0.25) is 5.95 Å². The van der Waals surface area contributed by atoms with E-state index in [-0.39, 0.29) is 23.2 Å². The summed E-state index contributed by atoms with van der Waals surface area (Å²) in [6.45, 7) is 0. The number of nitrogen functional groups attached to an aromatic ring is 1. The summed E-state index contributed by atoms with van der Waals surface area (Å²) in [6, 6.07) is 13.6.